The predicted octanol–water partition coefficient (Wildman–Crippen LogP) is 2.87. The molecule has 0 spiro atoms. The van der Waals surface area contributed by atoms with Crippen LogP contribution in [0.2, 0.25) is 0 Å². The summed E-state index contributed by atoms with van der Waals surface area (Å²) >= 11 is 3.31. The maximum absolute atomic E-state index is 5.91. The Morgan fingerprint density at radius 3 is 2.42 bits per heavy atom. The first-order chi connectivity index (χ1) is 5.48. The van der Waals surface area contributed by atoms with Gasteiger partial charge in [0.25, 0.3) is 0 Å². The first-order valence-electron chi connectivity index (χ1n) is 4.16. The van der Waals surface area contributed by atoms with E-state index < -0.39 is 0 Å². The minimum Gasteiger partial charge on any atom is -0.325 e. The quantitative estimate of drug-likeness (QED) is 0.585. The van der Waals surface area contributed by atoms with E-state index >= 15 is 0 Å². The Bertz CT molecular complexity index is 165. The highest BCUT2D eigenvalue weighted by molar-refractivity contribution is 9.09. The fraction of sp³-hybridized carbons (Fsp3) is 0.600. The lowest BCUT2D eigenvalue weighted by atomic mass is 9.90. The zero-order chi connectivity index (χ0) is 9.61. The van der Waals surface area contributed by atoms with Crippen LogP contribution < -0.4 is 5.73 Å². The number of rotatable bonds is 4. The normalized spacial score (nSPS) is 16.1. The average molecular weight is 232 g/mol. The molecule has 0 bridgehead atoms. The zero-order valence-corrected chi connectivity index (χ0v) is 9.64. The highest BCUT2D eigenvalue weighted by Gasteiger charge is 2.16. The number of hydrogen-bond donors (Lipinski definition) is 1. The van der Waals surface area contributed by atoms with Crippen molar-refractivity contribution in [3.8, 4) is 0 Å². The summed E-state index contributed by atoms with van der Waals surface area (Å²) in [6.07, 6.45) is 8.24. The molecule has 0 amide bonds. The van der Waals surface area contributed by atoms with Crippen LogP contribution in [0.25, 0.3) is 0 Å². The van der Waals surface area contributed by atoms with Gasteiger partial charge in [0.05, 0.1) is 0 Å². The molecule has 0 aliphatic rings. The van der Waals surface area contributed by atoms with Gasteiger partial charge in [-0.25, -0.2) is 0 Å². The summed E-state index contributed by atoms with van der Waals surface area (Å²) in [6, 6.07) is 0. The summed E-state index contributed by atoms with van der Waals surface area (Å²) in [7, 11) is 0. The van der Waals surface area contributed by atoms with Gasteiger partial charge in [-0.3, -0.25) is 0 Å². The summed E-state index contributed by atoms with van der Waals surface area (Å²) in [5.41, 5.74) is 5.78. The molecule has 1 atom stereocenters. The zero-order valence-electron chi connectivity index (χ0n) is 8.05. The summed E-state index contributed by atoms with van der Waals surface area (Å²) < 4.78 is 0. The molecule has 1 nitrogen and oxygen atoms in total. The van der Waals surface area contributed by atoms with Crippen LogP contribution in [0.5, 0.6) is 0 Å². The van der Waals surface area contributed by atoms with E-state index in [0.29, 0.717) is 5.92 Å². The van der Waals surface area contributed by atoms with Crippen LogP contribution in [0.4, 0.5) is 0 Å². The highest BCUT2D eigenvalue weighted by atomic mass is 79.9. The Hall–Kier alpha value is -0.0800. The molecule has 0 aromatic rings. The standard InChI is InChI=1S/C10H18BrN/c1-9(10(2,3)12)7-5-4-6-8-11/h4-7,9H,8,12H2,1-3H3/b6-4-,7-5-. The largest absolute Gasteiger partial charge is 0.325 e. The van der Waals surface area contributed by atoms with Crippen LogP contribution in [0.3, 0.4) is 0 Å². The monoisotopic (exact) mass is 231 g/mol. The van der Waals surface area contributed by atoms with Gasteiger partial charge in [0.2, 0.25) is 0 Å². The first-order valence-corrected chi connectivity index (χ1v) is 5.29. The number of alkyl halides is 1. The summed E-state index contributed by atoms with van der Waals surface area (Å²) in [5.74, 6) is 0.400. The van der Waals surface area contributed by atoms with Gasteiger partial charge in [0, 0.05) is 10.9 Å². The predicted molar refractivity (Wildman–Crippen MR) is 59.5 cm³/mol. The molecule has 0 aromatic heterocycles. The maximum Gasteiger partial charge on any atom is 0.0215 e. The molecule has 0 fully saturated rings. The number of hydrogen-bond acceptors (Lipinski definition) is 1. The van der Waals surface area contributed by atoms with Crippen molar-refractivity contribution in [3.63, 3.8) is 0 Å². The van der Waals surface area contributed by atoms with Crippen LogP contribution in [0.1, 0.15) is 20.8 Å². The molecule has 2 heteroatoms. The van der Waals surface area contributed by atoms with Gasteiger partial charge >= 0.3 is 0 Å². The Morgan fingerprint density at radius 2 is 2.00 bits per heavy atom. The van der Waals surface area contributed by atoms with Crippen molar-refractivity contribution in [1.82, 2.24) is 0 Å². The van der Waals surface area contributed by atoms with Gasteiger partial charge in [-0.05, 0) is 19.8 Å². The van der Waals surface area contributed by atoms with Crippen molar-refractivity contribution >= 4 is 15.9 Å². The fourth-order valence-electron chi connectivity index (χ4n) is 0.609. The number of allylic oxidation sites excluding steroid dienone is 3. The van der Waals surface area contributed by atoms with Gasteiger partial charge < -0.3 is 5.73 Å². The third kappa shape index (κ3) is 5.56. The van der Waals surface area contributed by atoms with E-state index in [2.05, 4.69) is 28.9 Å². The molecule has 0 heterocycles. The van der Waals surface area contributed by atoms with Crippen molar-refractivity contribution < 1.29 is 0 Å². The van der Waals surface area contributed by atoms with Crippen molar-refractivity contribution in [2.75, 3.05) is 5.33 Å². The first kappa shape index (κ1) is 11.9. The van der Waals surface area contributed by atoms with Crippen LogP contribution in [0.15, 0.2) is 24.3 Å². The average Bonchev–Trinajstić information content (AvgIpc) is 1.96. The van der Waals surface area contributed by atoms with Crippen molar-refractivity contribution in [3.05, 3.63) is 24.3 Å². The topological polar surface area (TPSA) is 26.0 Å². The van der Waals surface area contributed by atoms with E-state index in [0.717, 1.165) is 5.33 Å². The van der Waals surface area contributed by atoms with Gasteiger partial charge in [-0.15, -0.1) is 0 Å². The molecule has 0 radical (unpaired) electrons. The Labute approximate surface area is 83.9 Å². The van der Waals surface area contributed by atoms with Crippen LogP contribution in [-0.2, 0) is 0 Å². The molecule has 1 unspecified atom stereocenters. The SMILES string of the molecule is CC(/C=C\C=C/CBr)C(C)(C)N. The lowest BCUT2D eigenvalue weighted by Crippen LogP contribution is -2.38. The van der Waals surface area contributed by atoms with Crippen molar-refractivity contribution in [2.45, 2.75) is 26.3 Å². The van der Waals surface area contributed by atoms with E-state index in [1.807, 2.05) is 32.1 Å². The smallest absolute Gasteiger partial charge is 0.0215 e. The minimum atomic E-state index is -0.126. The van der Waals surface area contributed by atoms with Gasteiger partial charge in [-0.2, -0.15) is 0 Å². The molecular weight excluding hydrogens is 214 g/mol. The second kappa shape index (κ2) is 5.55. The van der Waals surface area contributed by atoms with Crippen LogP contribution >= 0.6 is 15.9 Å². The van der Waals surface area contributed by atoms with Gasteiger partial charge in [0.1, 0.15) is 0 Å². The molecule has 12 heavy (non-hydrogen) atoms. The minimum absolute atomic E-state index is 0.126. The Balaban J connectivity index is 3.92. The van der Waals surface area contributed by atoms with E-state index in [4.69, 9.17) is 5.73 Å². The number of halogens is 1. The van der Waals surface area contributed by atoms with Crippen molar-refractivity contribution in [1.29, 1.82) is 0 Å². The Morgan fingerprint density at radius 1 is 1.42 bits per heavy atom. The van der Waals surface area contributed by atoms with Crippen molar-refractivity contribution in [2.24, 2.45) is 11.7 Å². The molecule has 0 rings (SSSR count). The van der Waals surface area contributed by atoms with E-state index in [1.54, 1.807) is 0 Å². The molecule has 0 saturated heterocycles. The lowest BCUT2D eigenvalue weighted by molar-refractivity contribution is 0.409. The third-order valence-electron chi connectivity index (χ3n) is 1.91. The third-order valence-corrected chi connectivity index (χ3v) is 2.28. The van der Waals surface area contributed by atoms with E-state index in [9.17, 15) is 0 Å². The summed E-state index contributed by atoms with van der Waals surface area (Å²) in [4.78, 5) is 0. The molecule has 2 N–H and O–H groups in total. The van der Waals surface area contributed by atoms with Gasteiger partial charge in [-0.1, -0.05) is 47.2 Å². The van der Waals surface area contributed by atoms with E-state index in [-0.39, 0.29) is 5.54 Å². The second-order valence-corrected chi connectivity index (χ2v) is 4.22. The van der Waals surface area contributed by atoms with Crippen LogP contribution in [-0.4, -0.2) is 10.9 Å². The second-order valence-electron chi connectivity index (χ2n) is 3.58. The highest BCUT2D eigenvalue weighted by Crippen LogP contribution is 2.13. The summed E-state index contributed by atoms with van der Waals surface area (Å²) in [6.45, 7) is 6.20. The molecule has 70 valence electrons. The molecule has 0 aromatic carbocycles. The molecule has 0 aliphatic heterocycles. The summed E-state index contributed by atoms with van der Waals surface area (Å²) in [5, 5.41) is 0.901. The maximum atomic E-state index is 5.91. The Kier molecular flexibility index (Phi) is 5.51. The fourth-order valence-corrected chi connectivity index (χ4v) is 0.825. The van der Waals surface area contributed by atoms with Crippen LogP contribution in [0, 0.1) is 5.92 Å². The molecule has 0 aliphatic carbocycles. The van der Waals surface area contributed by atoms with Gasteiger partial charge in [0.15, 0.2) is 0 Å². The lowest BCUT2D eigenvalue weighted by Gasteiger charge is -2.23. The molecular formula is C10H18BrN. The van der Waals surface area contributed by atoms with E-state index in [1.165, 1.54) is 0 Å². The number of nitrogens with two attached hydrogens (primary N) is 1. The molecule has 0 saturated carbocycles.